The molecule has 0 fully saturated rings. The van der Waals surface area contributed by atoms with Gasteiger partial charge in [0, 0.05) is 0 Å². The van der Waals surface area contributed by atoms with Crippen LogP contribution in [0.15, 0.2) is 36.5 Å². The molecule has 0 saturated carbocycles. The topological polar surface area (TPSA) is 55.1 Å². The largest absolute Gasteiger partial charge is 0.476 e. The molecule has 5 heteroatoms. The van der Waals surface area contributed by atoms with Gasteiger partial charge in [0.05, 0.1) is 12.7 Å². The molecule has 2 aromatic rings. The molecule has 0 bridgehead atoms. The molecule has 1 aromatic heterocycles. The number of carbonyl (C=O) groups is 1. The molecule has 0 atom stereocenters. The van der Waals surface area contributed by atoms with Crippen LogP contribution in [0.5, 0.6) is 0 Å². The molecule has 0 amide bonds. The number of aromatic carboxylic acids is 1. The van der Waals surface area contributed by atoms with Gasteiger partial charge in [0.15, 0.2) is 5.82 Å². The first-order valence-electron chi connectivity index (χ1n) is 4.67. The number of rotatable bonds is 3. The van der Waals surface area contributed by atoms with Gasteiger partial charge < -0.3 is 5.11 Å². The third kappa shape index (κ3) is 2.08. The Morgan fingerprint density at radius 2 is 2.06 bits per heavy atom. The lowest BCUT2D eigenvalue weighted by Crippen LogP contribution is -2.04. The number of carboxylic acid groups (broad SMARTS) is 1. The van der Waals surface area contributed by atoms with Crippen molar-refractivity contribution in [3.63, 3.8) is 0 Å². The number of carboxylic acids is 1. The van der Waals surface area contributed by atoms with Crippen molar-refractivity contribution in [2.75, 3.05) is 0 Å². The Hall–Kier alpha value is -2.17. The summed E-state index contributed by atoms with van der Waals surface area (Å²) >= 11 is 0. The van der Waals surface area contributed by atoms with Crippen molar-refractivity contribution in [3.8, 4) is 0 Å². The zero-order valence-corrected chi connectivity index (χ0v) is 8.30. The highest BCUT2D eigenvalue weighted by Crippen LogP contribution is 2.07. The molecule has 0 aliphatic heterocycles. The summed E-state index contributed by atoms with van der Waals surface area (Å²) in [5.41, 5.74) is 0.387. The van der Waals surface area contributed by atoms with Gasteiger partial charge in [0.25, 0.3) is 0 Å². The van der Waals surface area contributed by atoms with Gasteiger partial charge in [-0.05, 0) is 5.56 Å². The summed E-state index contributed by atoms with van der Waals surface area (Å²) in [4.78, 5) is 10.6. The molecule has 4 nitrogen and oxygen atoms in total. The number of hydrogen-bond acceptors (Lipinski definition) is 2. The monoisotopic (exact) mass is 220 g/mol. The minimum absolute atomic E-state index is 0.352. The molecule has 1 aromatic carbocycles. The van der Waals surface area contributed by atoms with Gasteiger partial charge in [-0.15, -0.1) is 0 Å². The van der Waals surface area contributed by atoms with Crippen LogP contribution in [-0.4, -0.2) is 20.9 Å². The number of hydrogen-bond donors (Lipinski definition) is 1. The first kappa shape index (κ1) is 10.4. The van der Waals surface area contributed by atoms with E-state index in [0.717, 1.165) is 11.8 Å². The van der Waals surface area contributed by atoms with Crippen LogP contribution in [0, 0.1) is 5.82 Å². The van der Waals surface area contributed by atoms with Crippen LogP contribution >= 0.6 is 0 Å². The second-order valence-corrected chi connectivity index (χ2v) is 3.31. The standard InChI is InChI=1S/C11H9FN2O2/c12-9-7-14(13-10(9)11(15)16)6-8-4-2-1-3-5-8/h1-5,7H,6H2,(H,15,16). The average Bonchev–Trinajstić information content (AvgIpc) is 2.61. The van der Waals surface area contributed by atoms with Gasteiger partial charge in [-0.3, -0.25) is 4.68 Å². The predicted molar refractivity (Wildman–Crippen MR) is 54.7 cm³/mol. The van der Waals surface area contributed by atoms with Crippen LogP contribution < -0.4 is 0 Å². The number of benzene rings is 1. The molecule has 0 aliphatic carbocycles. The first-order valence-corrected chi connectivity index (χ1v) is 4.67. The summed E-state index contributed by atoms with van der Waals surface area (Å²) in [7, 11) is 0. The van der Waals surface area contributed by atoms with Gasteiger partial charge in [0.1, 0.15) is 0 Å². The summed E-state index contributed by atoms with van der Waals surface area (Å²) in [6, 6.07) is 9.30. The fourth-order valence-electron chi connectivity index (χ4n) is 1.39. The Balaban J connectivity index is 2.23. The fourth-order valence-corrected chi connectivity index (χ4v) is 1.39. The Kier molecular flexibility index (Phi) is 2.68. The minimum Gasteiger partial charge on any atom is -0.476 e. The fraction of sp³-hybridized carbons (Fsp3) is 0.0909. The van der Waals surface area contributed by atoms with E-state index >= 15 is 0 Å². The van der Waals surface area contributed by atoms with Gasteiger partial charge in [0.2, 0.25) is 5.69 Å². The molecular weight excluding hydrogens is 211 g/mol. The van der Waals surface area contributed by atoms with E-state index < -0.39 is 17.5 Å². The molecule has 0 unspecified atom stereocenters. The third-order valence-corrected chi connectivity index (χ3v) is 2.11. The highest BCUT2D eigenvalue weighted by Gasteiger charge is 2.15. The van der Waals surface area contributed by atoms with Gasteiger partial charge in [-0.2, -0.15) is 5.10 Å². The molecule has 16 heavy (non-hydrogen) atoms. The van der Waals surface area contributed by atoms with E-state index in [0.29, 0.717) is 6.54 Å². The number of nitrogens with zero attached hydrogens (tertiary/aromatic N) is 2. The van der Waals surface area contributed by atoms with Crippen LogP contribution in [0.3, 0.4) is 0 Å². The molecule has 82 valence electrons. The summed E-state index contributed by atoms with van der Waals surface area (Å²) in [6.07, 6.45) is 1.08. The van der Waals surface area contributed by atoms with Crippen molar-refractivity contribution in [1.29, 1.82) is 0 Å². The van der Waals surface area contributed by atoms with Crippen molar-refractivity contribution in [2.45, 2.75) is 6.54 Å². The summed E-state index contributed by atoms with van der Waals surface area (Å²) < 4.78 is 14.4. The quantitative estimate of drug-likeness (QED) is 0.857. The normalized spacial score (nSPS) is 10.3. The van der Waals surface area contributed by atoms with Crippen LogP contribution in [0.25, 0.3) is 0 Å². The lowest BCUT2D eigenvalue weighted by molar-refractivity contribution is 0.0684. The Labute approximate surface area is 90.9 Å². The Bertz CT molecular complexity index is 508. The van der Waals surface area contributed by atoms with E-state index in [1.165, 1.54) is 4.68 Å². The second-order valence-electron chi connectivity index (χ2n) is 3.31. The minimum atomic E-state index is -1.36. The lowest BCUT2D eigenvalue weighted by Gasteiger charge is -2.00. The Morgan fingerprint density at radius 3 is 2.62 bits per heavy atom. The average molecular weight is 220 g/mol. The van der Waals surface area contributed by atoms with Crippen LogP contribution in [0.4, 0.5) is 4.39 Å². The summed E-state index contributed by atoms with van der Waals surface area (Å²) in [5, 5.41) is 12.3. The predicted octanol–water partition coefficient (Wildman–Crippen LogP) is 1.77. The van der Waals surface area contributed by atoms with E-state index in [1.54, 1.807) is 0 Å². The van der Waals surface area contributed by atoms with Crippen LogP contribution in [-0.2, 0) is 6.54 Å². The van der Waals surface area contributed by atoms with E-state index in [-0.39, 0.29) is 0 Å². The maximum atomic E-state index is 13.1. The Morgan fingerprint density at radius 1 is 1.38 bits per heavy atom. The molecule has 1 N–H and O–H groups in total. The highest BCUT2D eigenvalue weighted by molar-refractivity contribution is 5.85. The first-order chi connectivity index (χ1) is 7.66. The molecule has 1 heterocycles. The highest BCUT2D eigenvalue weighted by atomic mass is 19.1. The van der Waals surface area contributed by atoms with E-state index in [2.05, 4.69) is 5.10 Å². The van der Waals surface area contributed by atoms with E-state index in [4.69, 9.17) is 5.11 Å². The third-order valence-electron chi connectivity index (χ3n) is 2.11. The molecular formula is C11H9FN2O2. The lowest BCUT2D eigenvalue weighted by atomic mass is 10.2. The zero-order valence-electron chi connectivity index (χ0n) is 8.30. The van der Waals surface area contributed by atoms with Crippen molar-refractivity contribution >= 4 is 5.97 Å². The number of halogens is 1. The maximum Gasteiger partial charge on any atom is 0.359 e. The van der Waals surface area contributed by atoms with Crippen LogP contribution in [0.2, 0.25) is 0 Å². The van der Waals surface area contributed by atoms with Crippen molar-refractivity contribution in [3.05, 3.63) is 53.6 Å². The maximum absolute atomic E-state index is 13.1. The van der Waals surface area contributed by atoms with Crippen molar-refractivity contribution in [2.24, 2.45) is 0 Å². The molecule has 0 aliphatic rings. The van der Waals surface area contributed by atoms with Crippen LogP contribution in [0.1, 0.15) is 16.1 Å². The van der Waals surface area contributed by atoms with E-state index in [9.17, 15) is 9.18 Å². The molecule has 0 radical (unpaired) electrons. The van der Waals surface area contributed by atoms with Gasteiger partial charge in [-0.1, -0.05) is 30.3 Å². The van der Waals surface area contributed by atoms with Gasteiger partial charge in [-0.25, -0.2) is 9.18 Å². The number of aromatic nitrogens is 2. The SMILES string of the molecule is O=C(O)c1nn(Cc2ccccc2)cc1F. The zero-order chi connectivity index (χ0) is 11.5. The van der Waals surface area contributed by atoms with Gasteiger partial charge >= 0.3 is 5.97 Å². The van der Waals surface area contributed by atoms with Crippen molar-refractivity contribution in [1.82, 2.24) is 9.78 Å². The molecule has 2 rings (SSSR count). The second kappa shape index (κ2) is 4.14. The summed E-state index contributed by atoms with van der Waals surface area (Å²) in [5.74, 6) is -2.17. The van der Waals surface area contributed by atoms with Crippen molar-refractivity contribution < 1.29 is 14.3 Å². The van der Waals surface area contributed by atoms with E-state index in [1.807, 2.05) is 30.3 Å². The molecule has 0 spiro atoms. The smallest absolute Gasteiger partial charge is 0.359 e. The molecule has 0 saturated heterocycles. The summed E-state index contributed by atoms with van der Waals surface area (Å²) in [6.45, 7) is 0.352.